The first-order valence-corrected chi connectivity index (χ1v) is 7.65. The lowest BCUT2D eigenvalue weighted by Gasteiger charge is -2.42. The normalized spacial score (nSPS) is 24.5. The van der Waals surface area contributed by atoms with Crippen molar-refractivity contribution in [3.63, 3.8) is 0 Å². The number of carboxylic acid groups (broad SMARTS) is 1. The number of aliphatic carboxylic acids is 1. The maximum Gasteiger partial charge on any atom is 0.353 e. The molecule has 0 bridgehead atoms. The molecule has 0 aliphatic carbocycles. The molecule has 2 N–H and O–H groups in total. The van der Waals surface area contributed by atoms with Crippen LogP contribution in [0.2, 0.25) is 0 Å². The van der Waals surface area contributed by atoms with Gasteiger partial charge in [0.2, 0.25) is 5.91 Å². The first kappa shape index (κ1) is 15.8. The van der Waals surface area contributed by atoms with Gasteiger partial charge in [-0.3, -0.25) is 9.59 Å². The van der Waals surface area contributed by atoms with Crippen LogP contribution >= 0.6 is 11.8 Å². The number of nitrogens with zero attached hydrogens (tertiary/aromatic N) is 1. The van der Waals surface area contributed by atoms with Crippen LogP contribution in [0.15, 0.2) is 22.1 Å². The van der Waals surface area contributed by atoms with Crippen molar-refractivity contribution in [3.8, 4) is 0 Å². The molecule has 1 saturated heterocycles. The fourth-order valence-electron chi connectivity index (χ4n) is 2.69. The Balaban J connectivity index is 2.10. The van der Waals surface area contributed by atoms with Crippen molar-refractivity contribution in [1.82, 2.24) is 4.90 Å². The van der Waals surface area contributed by atoms with E-state index in [1.807, 2.05) is 6.92 Å². The standard InChI is InChI=1S/C14H17NO5S/c1-2-9-10-7-11(21-6-4-8(17)3-5-16)12(14(19)20)15(10)13(9)18/h4,6,9-10,16H,2-3,5,7H2,1H3,(H,19,20)/b6-4+/t9?,10-/m1/s1. The molecule has 7 heteroatoms. The summed E-state index contributed by atoms with van der Waals surface area (Å²) in [5.74, 6) is -1.56. The minimum absolute atomic E-state index is 0.0407. The summed E-state index contributed by atoms with van der Waals surface area (Å²) in [6.45, 7) is 1.71. The van der Waals surface area contributed by atoms with E-state index in [0.29, 0.717) is 17.7 Å². The Morgan fingerprint density at radius 2 is 2.19 bits per heavy atom. The Morgan fingerprint density at radius 1 is 1.48 bits per heavy atom. The number of carbonyl (C=O) groups excluding carboxylic acids is 2. The molecule has 0 aromatic rings. The number of rotatable bonds is 7. The van der Waals surface area contributed by atoms with Crippen LogP contribution in [0.3, 0.4) is 0 Å². The second-order valence-corrected chi connectivity index (χ2v) is 5.93. The van der Waals surface area contributed by atoms with Crippen molar-refractivity contribution in [3.05, 3.63) is 22.1 Å². The molecule has 2 atom stereocenters. The Bertz CT molecular complexity index is 539. The first-order chi connectivity index (χ1) is 10.0. The molecule has 21 heavy (non-hydrogen) atoms. The van der Waals surface area contributed by atoms with E-state index in [1.54, 1.807) is 0 Å². The summed E-state index contributed by atoms with van der Waals surface area (Å²) in [5.41, 5.74) is 0.0407. The van der Waals surface area contributed by atoms with Gasteiger partial charge in [0.1, 0.15) is 5.70 Å². The zero-order chi connectivity index (χ0) is 15.6. The Labute approximate surface area is 126 Å². The predicted octanol–water partition coefficient (Wildman–Crippen LogP) is 1.12. The quantitative estimate of drug-likeness (QED) is 0.540. The molecule has 1 fully saturated rings. The highest BCUT2D eigenvalue weighted by atomic mass is 32.2. The van der Waals surface area contributed by atoms with Gasteiger partial charge in [0.15, 0.2) is 5.78 Å². The second-order valence-electron chi connectivity index (χ2n) is 4.93. The van der Waals surface area contributed by atoms with Crippen LogP contribution in [0.4, 0.5) is 0 Å². The maximum absolute atomic E-state index is 11.9. The van der Waals surface area contributed by atoms with Gasteiger partial charge in [-0.15, -0.1) is 0 Å². The monoisotopic (exact) mass is 311 g/mol. The van der Waals surface area contributed by atoms with Gasteiger partial charge in [-0.25, -0.2) is 4.79 Å². The van der Waals surface area contributed by atoms with E-state index in [1.165, 1.54) is 16.4 Å². The summed E-state index contributed by atoms with van der Waals surface area (Å²) in [5, 5.41) is 19.4. The Morgan fingerprint density at radius 3 is 2.76 bits per heavy atom. The van der Waals surface area contributed by atoms with E-state index in [-0.39, 0.29) is 42.4 Å². The van der Waals surface area contributed by atoms with E-state index in [4.69, 9.17) is 5.11 Å². The van der Waals surface area contributed by atoms with Crippen LogP contribution in [0, 0.1) is 5.92 Å². The van der Waals surface area contributed by atoms with Gasteiger partial charge in [-0.2, -0.15) is 0 Å². The first-order valence-electron chi connectivity index (χ1n) is 6.77. The Kier molecular flexibility index (Phi) is 4.84. The third kappa shape index (κ3) is 2.89. The number of fused-ring (bicyclic) bond motifs is 1. The molecule has 114 valence electrons. The van der Waals surface area contributed by atoms with E-state index in [0.717, 1.165) is 11.8 Å². The van der Waals surface area contributed by atoms with E-state index >= 15 is 0 Å². The molecule has 2 rings (SSSR count). The smallest absolute Gasteiger partial charge is 0.353 e. The van der Waals surface area contributed by atoms with E-state index < -0.39 is 5.97 Å². The number of allylic oxidation sites excluding steroid dienone is 1. The third-order valence-corrected chi connectivity index (χ3v) is 4.63. The highest BCUT2D eigenvalue weighted by molar-refractivity contribution is 8.05. The van der Waals surface area contributed by atoms with Crippen LogP contribution in [0.5, 0.6) is 0 Å². The lowest BCUT2D eigenvalue weighted by molar-refractivity contribution is -0.155. The van der Waals surface area contributed by atoms with Gasteiger partial charge < -0.3 is 15.1 Å². The van der Waals surface area contributed by atoms with Crippen LogP contribution in [-0.2, 0) is 14.4 Å². The zero-order valence-electron chi connectivity index (χ0n) is 11.6. The van der Waals surface area contributed by atoms with Crippen LogP contribution < -0.4 is 0 Å². The van der Waals surface area contributed by atoms with Crippen molar-refractivity contribution in [2.45, 2.75) is 32.2 Å². The molecule has 0 spiro atoms. The summed E-state index contributed by atoms with van der Waals surface area (Å²) in [6, 6.07) is -0.0577. The molecule has 0 aromatic heterocycles. The zero-order valence-corrected chi connectivity index (χ0v) is 12.4. The average Bonchev–Trinajstić information content (AvgIpc) is 2.75. The summed E-state index contributed by atoms with van der Waals surface area (Å²) >= 11 is 1.16. The molecular weight excluding hydrogens is 294 g/mol. The number of thioether (sulfide) groups is 1. The number of aliphatic hydroxyl groups excluding tert-OH is 1. The molecule has 1 amide bonds. The average molecular weight is 311 g/mol. The van der Waals surface area contributed by atoms with E-state index in [2.05, 4.69) is 0 Å². The van der Waals surface area contributed by atoms with Gasteiger partial charge in [-0.1, -0.05) is 18.7 Å². The molecule has 0 saturated carbocycles. The van der Waals surface area contributed by atoms with Crippen LogP contribution in [0.1, 0.15) is 26.2 Å². The predicted molar refractivity (Wildman–Crippen MR) is 77.1 cm³/mol. The number of hydrogen-bond donors (Lipinski definition) is 2. The van der Waals surface area contributed by atoms with E-state index in [9.17, 15) is 19.5 Å². The number of β-lactam (4-membered cyclic amide) rings is 1. The Hall–Kier alpha value is -1.60. The van der Waals surface area contributed by atoms with Gasteiger partial charge in [0, 0.05) is 17.7 Å². The van der Waals surface area contributed by atoms with Gasteiger partial charge in [0.25, 0.3) is 0 Å². The lowest BCUT2D eigenvalue weighted by atomic mass is 9.85. The fourth-order valence-corrected chi connectivity index (χ4v) is 3.64. The van der Waals surface area contributed by atoms with Gasteiger partial charge >= 0.3 is 5.97 Å². The summed E-state index contributed by atoms with van der Waals surface area (Å²) in [4.78, 5) is 36.5. The van der Waals surface area contributed by atoms with Crippen molar-refractivity contribution >= 4 is 29.4 Å². The number of carbonyl (C=O) groups is 3. The third-order valence-electron chi connectivity index (χ3n) is 3.72. The number of amides is 1. The lowest BCUT2D eigenvalue weighted by Crippen LogP contribution is -2.58. The second kappa shape index (κ2) is 6.44. The van der Waals surface area contributed by atoms with Gasteiger partial charge in [0.05, 0.1) is 18.6 Å². The molecule has 2 heterocycles. The SMILES string of the molecule is CCC1C(=O)N2C(C(=O)O)=C(S/C=C/C(=O)CCO)C[C@H]12. The number of aliphatic hydroxyl groups is 1. The highest BCUT2D eigenvalue weighted by Gasteiger charge is 2.54. The molecule has 1 unspecified atom stereocenters. The van der Waals surface area contributed by atoms with Crippen LogP contribution in [0.25, 0.3) is 0 Å². The molecule has 2 aliphatic rings. The maximum atomic E-state index is 11.9. The largest absolute Gasteiger partial charge is 0.477 e. The van der Waals surface area contributed by atoms with Crippen molar-refractivity contribution in [1.29, 1.82) is 0 Å². The number of ketones is 1. The fraction of sp³-hybridized carbons (Fsp3) is 0.500. The number of hydrogen-bond acceptors (Lipinski definition) is 5. The highest BCUT2D eigenvalue weighted by Crippen LogP contribution is 2.47. The summed E-state index contributed by atoms with van der Waals surface area (Å²) in [6.07, 6.45) is 2.60. The molecule has 2 aliphatic heterocycles. The molecular formula is C14H17NO5S. The molecule has 0 radical (unpaired) electrons. The number of carboxylic acids is 1. The molecule has 0 aromatic carbocycles. The minimum Gasteiger partial charge on any atom is -0.477 e. The van der Waals surface area contributed by atoms with Gasteiger partial charge in [-0.05, 0) is 17.9 Å². The van der Waals surface area contributed by atoms with Crippen molar-refractivity contribution < 1.29 is 24.6 Å². The minimum atomic E-state index is -1.11. The summed E-state index contributed by atoms with van der Waals surface area (Å²) < 4.78 is 0. The summed E-state index contributed by atoms with van der Waals surface area (Å²) in [7, 11) is 0. The topological polar surface area (TPSA) is 94.9 Å². The molecule has 6 nitrogen and oxygen atoms in total. The van der Waals surface area contributed by atoms with Crippen molar-refractivity contribution in [2.24, 2.45) is 5.92 Å². The van der Waals surface area contributed by atoms with Crippen molar-refractivity contribution in [2.75, 3.05) is 6.61 Å². The van der Waals surface area contributed by atoms with Crippen LogP contribution in [-0.4, -0.2) is 45.4 Å².